The van der Waals surface area contributed by atoms with Crippen LogP contribution in [-0.2, 0) is 27.2 Å². The molecule has 1 N–H and O–H groups in total. The number of ketones is 1. The van der Waals surface area contributed by atoms with Gasteiger partial charge in [-0.15, -0.1) is 0 Å². The van der Waals surface area contributed by atoms with Gasteiger partial charge in [-0.25, -0.2) is 0 Å². The van der Waals surface area contributed by atoms with Crippen molar-refractivity contribution < 1.29 is 23.5 Å². The van der Waals surface area contributed by atoms with Crippen molar-refractivity contribution in [3.63, 3.8) is 0 Å². The summed E-state index contributed by atoms with van der Waals surface area (Å²) in [6.45, 7) is 3.05. The Morgan fingerprint density at radius 2 is 1.89 bits per heavy atom. The lowest BCUT2D eigenvalue weighted by molar-refractivity contribution is -0.146. The van der Waals surface area contributed by atoms with E-state index in [-0.39, 0.29) is 12.2 Å². The standard InChI is InChI=1S/C22H21NO5/c1-3-15-8-9-18-16(12-27-20(18)10-15)11-22(26)28-13-21(25)23-19-7-5-4-6-17(19)14(2)24/h4-10,12H,3,11,13H2,1-2H3,(H,23,25). The summed E-state index contributed by atoms with van der Waals surface area (Å²) in [4.78, 5) is 35.8. The van der Waals surface area contributed by atoms with E-state index in [0.717, 1.165) is 23.0 Å². The molecular formula is C22H21NO5. The minimum Gasteiger partial charge on any atom is -0.464 e. The molecule has 0 bridgehead atoms. The molecule has 0 saturated heterocycles. The number of Topliss-reactive ketones (excluding diaryl/α,β-unsaturated/α-hetero) is 1. The molecule has 0 fully saturated rings. The van der Waals surface area contributed by atoms with Crippen molar-refractivity contribution in [1.29, 1.82) is 0 Å². The van der Waals surface area contributed by atoms with E-state index in [0.29, 0.717) is 16.8 Å². The number of amides is 1. The topological polar surface area (TPSA) is 85.6 Å². The minimum absolute atomic E-state index is 0.00971. The van der Waals surface area contributed by atoms with E-state index in [1.54, 1.807) is 24.3 Å². The lowest BCUT2D eigenvalue weighted by Crippen LogP contribution is -2.22. The Morgan fingerprint density at radius 1 is 1.11 bits per heavy atom. The lowest BCUT2D eigenvalue weighted by atomic mass is 10.1. The number of rotatable bonds is 7. The number of carbonyl (C=O) groups excluding carboxylic acids is 3. The van der Waals surface area contributed by atoms with Crippen LogP contribution in [0.15, 0.2) is 53.1 Å². The van der Waals surface area contributed by atoms with E-state index in [9.17, 15) is 14.4 Å². The molecule has 6 nitrogen and oxygen atoms in total. The number of hydrogen-bond acceptors (Lipinski definition) is 5. The van der Waals surface area contributed by atoms with Crippen LogP contribution in [-0.4, -0.2) is 24.3 Å². The largest absolute Gasteiger partial charge is 0.464 e. The molecule has 144 valence electrons. The summed E-state index contributed by atoms with van der Waals surface area (Å²) in [5, 5.41) is 3.45. The first-order valence-corrected chi connectivity index (χ1v) is 9.02. The van der Waals surface area contributed by atoms with Crippen LogP contribution in [0, 0.1) is 0 Å². The number of anilines is 1. The number of fused-ring (bicyclic) bond motifs is 1. The fourth-order valence-corrected chi connectivity index (χ4v) is 2.92. The third-order valence-corrected chi connectivity index (χ3v) is 4.41. The Bertz CT molecular complexity index is 1030. The average Bonchev–Trinajstić information content (AvgIpc) is 3.08. The first kappa shape index (κ1) is 19.4. The number of benzene rings is 2. The molecule has 1 aromatic heterocycles. The molecule has 0 aliphatic carbocycles. The van der Waals surface area contributed by atoms with Gasteiger partial charge in [0.1, 0.15) is 5.58 Å². The summed E-state index contributed by atoms with van der Waals surface area (Å²) < 4.78 is 10.6. The van der Waals surface area contributed by atoms with Gasteiger partial charge in [-0.2, -0.15) is 0 Å². The van der Waals surface area contributed by atoms with E-state index >= 15 is 0 Å². The van der Waals surface area contributed by atoms with Crippen LogP contribution in [0.2, 0.25) is 0 Å². The Labute approximate surface area is 162 Å². The molecule has 0 aliphatic heterocycles. The second-order valence-corrected chi connectivity index (χ2v) is 6.43. The normalized spacial score (nSPS) is 10.6. The molecular weight excluding hydrogens is 358 g/mol. The van der Waals surface area contributed by atoms with Gasteiger partial charge in [0, 0.05) is 16.5 Å². The van der Waals surface area contributed by atoms with E-state index in [1.165, 1.54) is 13.2 Å². The van der Waals surface area contributed by atoms with Crippen molar-refractivity contribution in [2.75, 3.05) is 11.9 Å². The molecule has 6 heteroatoms. The predicted molar refractivity (Wildman–Crippen MR) is 105 cm³/mol. The highest BCUT2D eigenvalue weighted by molar-refractivity contribution is 6.04. The van der Waals surface area contributed by atoms with Gasteiger partial charge in [-0.1, -0.05) is 31.2 Å². The first-order valence-electron chi connectivity index (χ1n) is 9.02. The van der Waals surface area contributed by atoms with Crippen molar-refractivity contribution in [2.45, 2.75) is 26.7 Å². The molecule has 0 atom stereocenters. The summed E-state index contributed by atoms with van der Waals surface area (Å²) in [6, 6.07) is 12.5. The molecule has 1 amide bonds. The van der Waals surface area contributed by atoms with Crippen LogP contribution < -0.4 is 5.32 Å². The molecule has 1 heterocycles. The van der Waals surface area contributed by atoms with Gasteiger partial charge < -0.3 is 14.5 Å². The highest BCUT2D eigenvalue weighted by atomic mass is 16.5. The van der Waals surface area contributed by atoms with Crippen LogP contribution in [0.25, 0.3) is 11.0 Å². The molecule has 0 saturated carbocycles. The van der Waals surface area contributed by atoms with Gasteiger partial charge in [0.05, 0.1) is 18.4 Å². The Kier molecular flexibility index (Phi) is 5.89. The smallest absolute Gasteiger partial charge is 0.310 e. The maximum Gasteiger partial charge on any atom is 0.310 e. The highest BCUT2D eigenvalue weighted by Crippen LogP contribution is 2.23. The van der Waals surface area contributed by atoms with Crippen LogP contribution in [0.4, 0.5) is 5.69 Å². The van der Waals surface area contributed by atoms with Gasteiger partial charge >= 0.3 is 5.97 Å². The second-order valence-electron chi connectivity index (χ2n) is 6.43. The van der Waals surface area contributed by atoms with Gasteiger partial charge in [-0.3, -0.25) is 14.4 Å². The van der Waals surface area contributed by atoms with E-state index in [1.807, 2.05) is 18.2 Å². The van der Waals surface area contributed by atoms with Crippen LogP contribution in [0.1, 0.15) is 35.3 Å². The number of furan rings is 1. The fourth-order valence-electron chi connectivity index (χ4n) is 2.92. The number of carbonyl (C=O) groups is 3. The molecule has 0 unspecified atom stereocenters. The van der Waals surface area contributed by atoms with Crippen molar-refractivity contribution in [3.8, 4) is 0 Å². The first-order chi connectivity index (χ1) is 13.5. The Hall–Kier alpha value is -3.41. The zero-order valence-corrected chi connectivity index (χ0v) is 15.8. The number of esters is 1. The molecule has 3 aromatic rings. The average molecular weight is 379 g/mol. The Balaban J connectivity index is 1.57. The van der Waals surface area contributed by atoms with E-state index in [2.05, 4.69) is 12.2 Å². The van der Waals surface area contributed by atoms with Crippen molar-refractivity contribution >= 4 is 34.3 Å². The van der Waals surface area contributed by atoms with Gasteiger partial charge in [-0.05, 0) is 37.1 Å². The zero-order valence-electron chi connectivity index (χ0n) is 15.8. The van der Waals surface area contributed by atoms with Crippen molar-refractivity contribution in [1.82, 2.24) is 0 Å². The molecule has 0 radical (unpaired) electrons. The second kappa shape index (κ2) is 8.52. The molecule has 3 rings (SSSR count). The van der Waals surface area contributed by atoms with Crippen molar-refractivity contribution in [3.05, 3.63) is 65.4 Å². The van der Waals surface area contributed by atoms with Crippen LogP contribution in [0.3, 0.4) is 0 Å². The van der Waals surface area contributed by atoms with Gasteiger partial charge in [0.25, 0.3) is 5.91 Å². The van der Waals surface area contributed by atoms with Gasteiger partial charge in [0.15, 0.2) is 12.4 Å². The zero-order chi connectivity index (χ0) is 20.1. The third kappa shape index (κ3) is 4.46. The highest BCUT2D eigenvalue weighted by Gasteiger charge is 2.14. The van der Waals surface area contributed by atoms with Crippen LogP contribution >= 0.6 is 0 Å². The predicted octanol–water partition coefficient (Wildman–Crippen LogP) is 3.92. The van der Waals surface area contributed by atoms with E-state index in [4.69, 9.17) is 9.15 Å². The van der Waals surface area contributed by atoms with Gasteiger partial charge in [0.2, 0.25) is 0 Å². The Morgan fingerprint density at radius 3 is 2.64 bits per heavy atom. The molecule has 2 aromatic carbocycles. The molecule has 0 aliphatic rings. The quantitative estimate of drug-likeness (QED) is 0.497. The summed E-state index contributed by atoms with van der Waals surface area (Å²) in [6.07, 6.45) is 2.44. The number of hydrogen-bond donors (Lipinski definition) is 1. The fraction of sp³-hybridized carbons (Fsp3) is 0.227. The molecule has 0 spiro atoms. The monoisotopic (exact) mass is 379 g/mol. The lowest BCUT2D eigenvalue weighted by Gasteiger charge is -2.09. The number of ether oxygens (including phenoxy) is 1. The number of aryl methyl sites for hydroxylation is 1. The van der Waals surface area contributed by atoms with Crippen molar-refractivity contribution in [2.24, 2.45) is 0 Å². The van der Waals surface area contributed by atoms with Crippen LogP contribution in [0.5, 0.6) is 0 Å². The summed E-state index contributed by atoms with van der Waals surface area (Å²) >= 11 is 0. The third-order valence-electron chi connectivity index (χ3n) is 4.41. The number of para-hydroxylation sites is 1. The maximum absolute atomic E-state index is 12.1. The molecule has 28 heavy (non-hydrogen) atoms. The number of nitrogens with one attached hydrogen (secondary N) is 1. The minimum atomic E-state index is -0.530. The SMILES string of the molecule is CCc1ccc2c(CC(=O)OCC(=O)Nc3ccccc3C(C)=O)coc2c1. The maximum atomic E-state index is 12.1. The summed E-state index contributed by atoms with van der Waals surface area (Å²) in [7, 11) is 0. The summed E-state index contributed by atoms with van der Waals surface area (Å²) in [5.41, 5.74) is 3.38. The van der Waals surface area contributed by atoms with E-state index < -0.39 is 18.5 Å². The summed E-state index contributed by atoms with van der Waals surface area (Å²) in [5.74, 6) is -1.20.